The fourth-order valence-corrected chi connectivity index (χ4v) is 2.00. The predicted octanol–water partition coefficient (Wildman–Crippen LogP) is 1.96. The number of nitrogens with one attached hydrogen (secondary N) is 1. The molecule has 1 saturated heterocycles. The summed E-state index contributed by atoms with van der Waals surface area (Å²) in [5, 5.41) is 3.34. The Kier molecular flexibility index (Phi) is 4.93. The third-order valence-electron chi connectivity index (χ3n) is 2.90. The summed E-state index contributed by atoms with van der Waals surface area (Å²) in [6, 6.07) is 0. The second kappa shape index (κ2) is 5.75. The molecule has 15 heavy (non-hydrogen) atoms. The molecule has 0 radical (unpaired) electrons. The summed E-state index contributed by atoms with van der Waals surface area (Å²) in [4.78, 5) is 2.02. The van der Waals surface area contributed by atoms with Gasteiger partial charge in [-0.2, -0.15) is 0 Å². The minimum atomic E-state index is -2.53. The molecule has 0 aromatic rings. The smallest absolute Gasteiger partial charge is 0.246 e. The Morgan fingerprint density at radius 1 is 1.47 bits per heavy atom. The lowest BCUT2D eigenvalue weighted by molar-refractivity contribution is 0.00399. The van der Waals surface area contributed by atoms with Crippen LogP contribution in [0.2, 0.25) is 0 Å². The van der Waals surface area contributed by atoms with Crippen molar-refractivity contribution < 1.29 is 8.78 Å². The van der Waals surface area contributed by atoms with Gasteiger partial charge in [0.25, 0.3) is 0 Å². The molecule has 1 heterocycles. The van der Waals surface area contributed by atoms with Crippen LogP contribution in [0, 0.1) is 5.92 Å². The first kappa shape index (κ1) is 12.8. The Morgan fingerprint density at radius 2 is 2.20 bits per heavy atom. The van der Waals surface area contributed by atoms with Gasteiger partial charge in [0.05, 0.1) is 0 Å². The zero-order valence-electron chi connectivity index (χ0n) is 9.73. The molecule has 1 fully saturated rings. The summed E-state index contributed by atoms with van der Waals surface area (Å²) in [6.07, 6.45) is 2.39. The fourth-order valence-electron chi connectivity index (χ4n) is 2.00. The zero-order valence-corrected chi connectivity index (χ0v) is 9.73. The zero-order chi connectivity index (χ0) is 11.3. The van der Waals surface area contributed by atoms with Crippen molar-refractivity contribution in [3.8, 4) is 0 Å². The van der Waals surface area contributed by atoms with Gasteiger partial charge >= 0.3 is 0 Å². The molecule has 0 aromatic carbocycles. The van der Waals surface area contributed by atoms with Crippen LogP contribution in [0.1, 0.15) is 26.2 Å². The van der Waals surface area contributed by atoms with Crippen molar-refractivity contribution in [2.24, 2.45) is 5.92 Å². The van der Waals surface area contributed by atoms with E-state index in [1.807, 2.05) is 11.9 Å². The van der Waals surface area contributed by atoms with Gasteiger partial charge in [-0.25, -0.2) is 8.78 Å². The van der Waals surface area contributed by atoms with Crippen molar-refractivity contribution in [1.82, 2.24) is 10.2 Å². The van der Waals surface area contributed by atoms with Crippen molar-refractivity contribution in [2.45, 2.75) is 32.1 Å². The molecule has 0 bridgehead atoms. The van der Waals surface area contributed by atoms with E-state index in [9.17, 15) is 8.78 Å². The highest BCUT2D eigenvalue weighted by Crippen LogP contribution is 2.17. The van der Waals surface area contributed by atoms with E-state index in [0.717, 1.165) is 26.6 Å². The van der Waals surface area contributed by atoms with Crippen molar-refractivity contribution in [3.05, 3.63) is 0 Å². The van der Waals surface area contributed by atoms with Gasteiger partial charge in [0, 0.05) is 19.5 Å². The van der Waals surface area contributed by atoms with Gasteiger partial charge in [0.2, 0.25) is 5.92 Å². The van der Waals surface area contributed by atoms with E-state index >= 15 is 0 Å². The maximum absolute atomic E-state index is 12.6. The molecule has 0 amide bonds. The number of hydrogen-bond acceptors (Lipinski definition) is 2. The quantitative estimate of drug-likeness (QED) is 0.762. The summed E-state index contributed by atoms with van der Waals surface area (Å²) in [5.74, 6) is -1.90. The second-order valence-electron chi connectivity index (χ2n) is 4.79. The first-order valence-electron chi connectivity index (χ1n) is 5.74. The van der Waals surface area contributed by atoms with Gasteiger partial charge in [-0.3, -0.25) is 0 Å². The van der Waals surface area contributed by atoms with E-state index in [4.69, 9.17) is 0 Å². The third-order valence-corrected chi connectivity index (χ3v) is 2.90. The normalized spacial score (nSPS) is 23.4. The van der Waals surface area contributed by atoms with E-state index in [0.29, 0.717) is 12.5 Å². The van der Waals surface area contributed by atoms with Crippen molar-refractivity contribution in [1.29, 1.82) is 0 Å². The van der Waals surface area contributed by atoms with Crippen LogP contribution in [0.3, 0.4) is 0 Å². The van der Waals surface area contributed by atoms with Crippen LogP contribution in [0.4, 0.5) is 8.78 Å². The van der Waals surface area contributed by atoms with E-state index < -0.39 is 5.92 Å². The maximum Gasteiger partial charge on any atom is 0.246 e. The van der Waals surface area contributed by atoms with Crippen LogP contribution < -0.4 is 5.32 Å². The number of piperidine rings is 1. The van der Waals surface area contributed by atoms with E-state index in [-0.39, 0.29) is 6.42 Å². The maximum atomic E-state index is 12.6. The van der Waals surface area contributed by atoms with E-state index in [1.165, 1.54) is 12.8 Å². The van der Waals surface area contributed by atoms with Gasteiger partial charge in [-0.1, -0.05) is 0 Å². The topological polar surface area (TPSA) is 15.3 Å². The van der Waals surface area contributed by atoms with Crippen molar-refractivity contribution in [3.63, 3.8) is 0 Å². The van der Waals surface area contributed by atoms with Crippen molar-refractivity contribution >= 4 is 0 Å². The average Bonchev–Trinajstić information content (AvgIpc) is 2.15. The second-order valence-corrected chi connectivity index (χ2v) is 4.79. The summed E-state index contributed by atoms with van der Waals surface area (Å²) < 4.78 is 25.2. The van der Waals surface area contributed by atoms with Crippen LogP contribution in [-0.4, -0.2) is 44.0 Å². The third kappa shape index (κ3) is 6.05. The van der Waals surface area contributed by atoms with Crippen LogP contribution in [0.15, 0.2) is 0 Å². The predicted molar refractivity (Wildman–Crippen MR) is 58.3 cm³/mol. The molecule has 1 atom stereocenters. The Labute approximate surface area is 91.0 Å². The summed E-state index contributed by atoms with van der Waals surface area (Å²) in [6.45, 7) is 4.55. The Balaban J connectivity index is 2.14. The number of alkyl halides is 2. The van der Waals surface area contributed by atoms with E-state index in [2.05, 4.69) is 5.32 Å². The largest absolute Gasteiger partial charge is 0.316 e. The number of hydrogen-bond donors (Lipinski definition) is 1. The highest BCUT2D eigenvalue weighted by Gasteiger charge is 2.22. The first-order valence-corrected chi connectivity index (χ1v) is 5.74. The van der Waals surface area contributed by atoms with E-state index in [1.54, 1.807) is 0 Å². The van der Waals surface area contributed by atoms with Crippen molar-refractivity contribution in [2.75, 3.05) is 33.2 Å². The van der Waals surface area contributed by atoms with Gasteiger partial charge in [-0.15, -0.1) is 0 Å². The summed E-state index contributed by atoms with van der Waals surface area (Å²) in [5.41, 5.74) is 0. The molecule has 0 aliphatic carbocycles. The van der Waals surface area contributed by atoms with Crippen LogP contribution in [-0.2, 0) is 0 Å². The summed E-state index contributed by atoms with van der Waals surface area (Å²) >= 11 is 0. The minimum Gasteiger partial charge on any atom is -0.316 e. The lowest BCUT2D eigenvalue weighted by Gasteiger charge is -2.28. The van der Waals surface area contributed by atoms with Crippen LogP contribution in [0.5, 0.6) is 0 Å². The molecule has 1 unspecified atom stereocenters. The molecule has 0 saturated carbocycles. The fraction of sp³-hybridized carbons (Fsp3) is 1.00. The molecule has 90 valence electrons. The van der Waals surface area contributed by atoms with Crippen LogP contribution >= 0.6 is 0 Å². The lowest BCUT2D eigenvalue weighted by atomic mass is 9.99. The van der Waals surface area contributed by atoms with Crippen LogP contribution in [0.25, 0.3) is 0 Å². The number of nitrogens with zero attached hydrogens (tertiary/aromatic N) is 1. The average molecular weight is 220 g/mol. The highest BCUT2D eigenvalue weighted by molar-refractivity contribution is 4.72. The van der Waals surface area contributed by atoms with Gasteiger partial charge in [-0.05, 0) is 45.8 Å². The minimum absolute atomic E-state index is 0.0380. The molecule has 0 spiro atoms. The Morgan fingerprint density at radius 3 is 2.73 bits per heavy atom. The first-order chi connectivity index (χ1) is 6.97. The molecular formula is C11H22F2N2. The van der Waals surface area contributed by atoms with Gasteiger partial charge < -0.3 is 10.2 Å². The SMILES string of the molecule is CN(CCC(C)(F)F)CC1CCCNC1. The molecule has 4 heteroatoms. The standard InChI is InChI=1S/C11H22F2N2/c1-11(12,13)5-7-15(2)9-10-4-3-6-14-8-10/h10,14H,3-9H2,1-2H3. The Bertz CT molecular complexity index is 174. The number of rotatable bonds is 5. The summed E-state index contributed by atoms with van der Waals surface area (Å²) in [7, 11) is 1.93. The molecule has 2 nitrogen and oxygen atoms in total. The van der Waals surface area contributed by atoms with Gasteiger partial charge in [0.15, 0.2) is 0 Å². The lowest BCUT2D eigenvalue weighted by Crippen LogP contribution is -2.37. The molecule has 1 aliphatic heterocycles. The Hall–Kier alpha value is -0.220. The molecule has 0 aromatic heterocycles. The van der Waals surface area contributed by atoms with Gasteiger partial charge in [0.1, 0.15) is 0 Å². The molecule has 1 aliphatic rings. The molecule has 1 rings (SSSR count). The molecular weight excluding hydrogens is 198 g/mol. The molecule has 1 N–H and O–H groups in total. The monoisotopic (exact) mass is 220 g/mol. The highest BCUT2D eigenvalue weighted by atomic mass is 19.3. The number of halogens is 2.